The molecule has 40 heavy (non-hydrogen) atoms. The van der Waals surface area contributed by atoms with E-state index in [1.807, 2.05) is 12.1 Å². The van der Waals surface area contributed by atoms with Crippen LogP contribution in [0.3, 0.4) is 0 Å². The highest BCUT2D eigenvalue weighted by Gasteiger charge is 2.46. The van der Waals surface area contributed by atoms with Crippen LogP contribution in [0.25, 0.3) is 21.6 Å². The molecule has 2 N–H and O–H groups in total. The number of sulfonamides is 1. The van der Waals surface area contributed by atoms with Crippen molar-refractivity contribution >= 4 is 31.7 Å². The number of piperidine rings is 1. The summed E-state index contributed by atoms with van der Waals surface area (Å²) in [7, 11) is -2.07. The van der Waals surface area contributed by atoms with E-state index in [4.69, 9.17) is 19.0 Å². The number of aromatic nitrogens is 4. The van der Waals surface area contributed by atoms with Crippen LogP contribution < -0.4 is 14.8 Å². The van der Waals surface area contributed by atoms with Crippen molar-refractivity contribution in [3.05, 3.63) is 48.4 Å². The molecule has 214 valence electrons. The number of hydrogen-bond acceptors (Lipinski definition) is 11. The number of pyridine rings is 1. The molecule has 0 bridgehead atoms. The smallest absolute Gasteiger partial charge is 0.275 e. The summed E-state index contributed by atoms with van der Waals surface area (Å²) in [4.78, 5) is 10.3. The van der Waals surface area contributed by atoms with Gasteiger partial charge in [0, 0.05) is 29.9 Å². The fourth-order valence-electron chi connectivity index (χ4n) is 5.46. The fourth-order valence-corrected chi connectivity index (χ4v) is 7.28. The van der Waals surface area contributed by atoms with E-state index in [1.54, 1.807) is 30.5 Å². The first-order valence-corrected chi connectivity index (χ1v) is 15.6. The number of methoxy groups -OCH3 is 1. The minimum Gasteiger partial charge on any atom is -0.470 e. The minimum absolute atomic E-state index is 0.189. The summed E-state index contributed by atoms with van der Waals surface area (Å²) in [6.07, 6.45) is 3.42. The minimum atomic E-state index is -3.60. The van der Waals surface area contributed by atoms with Crippen LogP contribution in [0.1, 0.15) is 32.4 Å². The highest BCUT2D eigenvalue weighted by Crippen LogP contribution is 2.44. The lowest BCUT2D eigenvalue weighted by Gasteiger charge is -2.44. The van der Waals surface area contributed by atoms with Gasteiger partial charge in [-0.2, -0.15) is 0 Å². The van der Waals surface area contributed by atoms with Crippen LogP contribution >= 0.6 is 11.3 Å². The van der Waals surface area contributed by atoms with Gasteiger partial charge in [-0.1, -0.05) is 37.3 Å². The summed E-state index contributed by atoms with van der Waals surface area (Å²) in [6, 6.07) is 10.4. The zero-order valence-electron chi connectivity index (χ0n) is 22.8. The summed E-state index contributed by atoms with van der Waals surface area (Å²) >= 11 is 1.39. The molecule has 1 aliphatic heterocycles. The maximum atomic E-state index is 12.4. The number of rotatable bonds is 12. The number of nitrogens with one attached hydrogen (secondary N) is 2. The molecular weight excluding hydrogens is 552 g/mol. The van der Waals surface area contributed by atoms with Crippen LogP contribution in [-0.2, 0) is 20.2 Å². The van der Waals surface area contributed by atoms with Gasteiger partial charge in [0.15, 0.2) is 5.76 Å². The zero-order chi connectivity index (χ0) is 28.2. The van der Waals surface area contributed by atoms with Crippen molar-refractivity contribution in [1.29, 1.82) is 0 Å². The largest absolute Gasteiger partial charge is 0.470 e. The van der Waals surface area contributed by atoms with Crippen LogP contribution in [0.4, 0.5) is 0 Å². The summed E-state index contributed by atoms with van der Waals surface area (Å²) < 4.78 is 44.1. The number of benzene rings is 1. The topological polar surface area (TPSA) is 141 Å². The van der Waals surface area contributed by atoms with E-state index >= 15 is 0 Å². The molecule has 1 fully saturated rings. The first-order chi connectivity index (χ1) is 19.3. The van der Waals surface area contributed by atoms with Gasteiger partial charge in [0.2, 0.25) is 10.0 Å². The molecular formula is C27H34N6O5S2. The van der Waals surface area contributed by atoms with E-state index in [0.29, 0.717) is 30.2 Å². The van der Waals surface area contributed by atoms with E-state index in [-0.39, 0.29) is 16.9 Å². The van der Waals surface area contributed by atoms with Crippen molar-refractivity contribution in [2.24, 2.45) is 11.8 Å². The molecule has 0 aliphatic carbocycles. The molecule has 11 nitrogen and oxygen atoms in total. The Kier molecular flexibility index (Phi) is 8.76. The molecule has 1 aromatic carbocycles. The molecule has 0 radical (unpaired) electrons. The van der Waals surface area contributed by atoms with Gasteiger partial charge >= 0.3 is 0 Å². The summed E-state index contributed by atoms with van der Waals surface area (Å²) in [5.74, 6) is 1.63. The maximum Gasteiger partial charge on any atom is 0.275 e. The van der Waals surface area contributed by atoms with E-state index in [9.17, 15) is 8.42 Å². The van der Waals surface area contributed by atoms with Gasteiger partial charge < -0.3 is 19.3 Å². The van der Waals surface area contributed by atoms with Crippen molar-refractivity contribution in [2.45, 2.75) is 37.0 Å². The lowest BCUT2D eigenvalue weighted by Crippen LogP contribution is -2.50. The third-order valence-corrected chi connectivity index (χ3v) is 9.90. The van der Waals surface area contributed by atoms with Crippen LogP contribution in [0, 0.1) is 11.8 Å². The summed E-state index contributed by atoms with van der Waals surface area (Å²) in [6.45, 7) is 7.27. The Morgan fingerprint density at radius 1 is 1.18 bits per heavy atom. The Labute approximate surface area is 237 Å². The SMILES string of the molecule is COCCNS(=O)(=O)c1ccc(-c2ccc3nc(OCCC4(c5cnno5)CCNCC4C(C)C)sc3n2)cc1. The van der Waals surface area contributed by atoms with Gasteiger partial charge in [0.1, 0.15) is 10.3 Å². The predicted octanol–water partition coefficient (Wildman–Crippen LogP) is 3.64. The normalized spacial score (nSPS) is 19.9. The van der Waals surface area contributed by atoms with E-state index in [2.05, 4.69) is 39.2 Å². The van der Waals surface area contributed by atoms with E-state index in [1.165, 1.54) is 18.4 Å². The molecule has 2 unspecified atom stereocenters. The number of hydrogen-bond donors (Lipinski definition) is 2. The van der Waals surface area contributed by atoms with Crippen LogP contribution in [0.2, 0.25) is 0 Å². The molecule has 4 heterocycles. The predicted molar refractivity (Wildman–Crippen MR) is 152 cm³/mol. The first kappa shape index (κ1) is 28.6. The standard InChI is InChI=1S/C27H34N6O5S2/c1-18(2)21-16-28-12-10-27(21,24-17-29-33-38-24)11-14-37-26-32-23-9-8-22(31-25(23)39-26)19-4-6-20(7-5-19)40(34,35)30-13-15-36-3/h4-9,17-18,21,28,30H,10-16H2,1-3H3. The van der Waals surface area contributed by atoms with Gasteiger partial charge in [0.25, 0.3) is 5.19 Å². The molecule has 0 spiro atoms. The maximum absolute atomic E-state index is 12.4. The molecule has 2 atom stereocenters. The number of nitrogens with zero attached hydrogens (tertiary/aromatic N) is 4. The Morgan fingerprint density at radius 3 is 2.73 bits per heavy atom. The third-order valence-electron chi connectivity index (χ3n) is 7.55. The van der Waals surface area contributed by atoms with Crippen molar-refractivity contribution < 1.29 is 22.4 Å². The highest BCUT2D eigenvalue weighted by molar-refractivity contribution is 7.89. The molecule has 3 aromatic heterocycles. The second-order valence-electron chi connectivity index (χ2n) is 10.3. The average molecular weight is 587 g/mol. The zero-order valence-corrected chi connectivity index (χ0v) is 24.4. The van der Waals surface area contributed by atoms with E-state index < -0.39 is 10.0 Å². The average Bonchev–Trinajstić information content (AvgIpc) is 3.63. The first-order valence-electron chi connectivity index (χ1n) is 13.3. The number of thiazole rings is 1. The van der Waals surface area contributed by atoms with Crippen molar-refractivity contribution in [3.63, 3.8) is 0 Å². The third kappa shape index (κ3) is 6.03. The lowest BCUT2D eigenvalue weighted by molar-refractivity contribution is 0.0902. The molecule has 5 rings (SSSR count). The van der Waals surface area contributed by atoms with Crippen molar-refractivity contribution in [2.75, 3.05) is 40.0 Å². The lowest BCUT2D eigenvalue weighted by atomic mass is 9.63. The Bertz CT molecular complexity index is 1510. The van der Waals surface area contributed by atoms with Gasteiger partial charge in [-0.05, 0) is 62.0 Å². The van der Waals surface area contributed by atoms with Gasteiger partial charge in [-0.3, -0.25) is 0 Å². The summed E-state index contributed by atoms with van der Waals surface area (Å²) in [5, 5.41) is 11.8. The molecule has 0 saturated carbocycles. The van der Waals surface area contributed by atoms with Crippen LogP contribution in [0.5, 0.6) is 5.19 Å². The number of fused-ring (bicyclic) bond motifs is 1. The molecule has 1 saturated heterocycles. The monoisotopic (exact) mass is 586 g/mol. The second kappa shape index (κ2) is 12.3. The molecule has 0 amide bonds. The number of ether oxygens (including phenoxy) is 2. The fraction of sp³-hybridized carbons (Fsp3) is 0.481. The van der Waals surface area contributed by atoms with Gasteiger partial charge in [-0.25, -0.2) is 23.1 Å². The molecule has 13 heteroatoms. The van der Waals surface area contributed by atoms with Crippen LogP contribution in [0.15, 0.2) is 52.0 Å². The van der Waals surface area contributed by atoms with Crippen LogP contribution in [-0.4, -0.2) is 68.7 Å². The van der Waals surface area contributed by atoms with Gasteiger partial charge in [-0.15, -0.1) is 5.10 Å². The Balaban J connectivity index is 1.28. The quantitative estimate of drug-likeness (QED) is 0.236. The Morgan fingerprint density at radius 2 is 2.00 bits per heavy atom. The van der Waals surface area contributed by atoms with Crippen molar-refractivity contribution in [1.82, 2.24) is 30.4 Å². The second-order valence-corrected chi connectivity index (χ2v) is 13.0. The van der Waals surface area contributed by atoms with Gasteiger partial charge in [0.05, 0.1) is 30.0 Å². The Hall–Kier alpha value is -2.97. The van der Waals surface area contributed by atoms with E-state index in [0.717, 1.165) is 53.3 Å². The summed E-state index contributed by atoms with van der Waals surface area (Å²) in [5.41, 5.74) is 2.08. The van der Waals surface area contributed by atoms with Crippen molar-refractivity contribution in [3.8, 4) is 16.5 Å². The molecule has 4 aromatic rings. The highest BCUT2D eigenvalue weighted by atomic mass is 32.2. The molecule has 1 aliphatic rings.